The van der Waals surface area contributed by atoms with Crippen molar-refractivity contribution in [3.8, 4) is 0 Å². The molecule has 0 aromatic carbocycles. The van der Waals surface area contributed by atoms with Crippen molar-refractivity contribution in [2.45, 2.75) is 301 Å². The summed E-state index contributed by atoms with van der Waals surface area (Å²) in [7, 11) is 0. The van der Waals surface area contributed by atoms with Crippen LogP contribution in [0.3, 0.4) is 0 Å². The number of aliphatic hydroxyl groups excluding tert-OH is 1. The number of rotatable bonds is 8. The summed E-state index contributed by atoms with van der Waals surface area (Å²) in [5, 5.41) is 42.0. The number of hydrogen-bond acceptors (Lipinski definition) is 7. The van der Waals surface area contributed by atoms with Crippen LogP contribution in [0.15, 0.2) is 0 Å². The summed E-state index contributed by atoms with van der Waals surface area (Å²) in [6.45, 7) is 22.2. The van der Waals surface area contributed by atoms with Gasteiger partial charge in [-0.3, -0.25) is 14.4 Å². The van der Waals surface area contributed by atoms with Crippen LogP contribution >= 0.6 is 15.9 Å². The number of ketones is 3. The van der Waals surface area contributed by atoms with Gasteiger partial charge in [-0.2, -0.15) is 0 Å². The third-order valence-electron chi connectivity index (χ3n) is 29.5. The largest absolute Gasteiger partial charge is 0.390 e. The zero-order valence-corrected chi connectivity index (χ0v) is 52.3. The summed E-state index contributed by atoms with van der Waals surface area (Å²) in [6.07, 6.45) is 35.7. The average molecular weight is 1180 g/mol. The van der Waals surface area contributed by atoms with Crippen LogP contribution in [-0.4, -0.2) is 66.5 Å². The Balaban J connectivity index is 0.000000170. The summed E-state index contributed by atoms with van der Waals surface area (Å²) >= 11 is 3.44. The van der Waals surface area contributed by atoms with Crippen LogP contribution in [0.1, 0.15) is 284 Å². The monoisotopic (exact) mass is 1180 g/mol. The van der Waals surface area contributed by atoms with Gasteiger partial charge in [0.05, 0.1) is 22.1 Å². The summed E-state index contributed by atoms with van der Waals surface area (Å²) in [5.74, 6) is 10.8. The number of carbonyl (C=O) groups is 3. The minimum Gasteiger partial charge on any atom is -0.390 e. The number of alkyl halides is 1. The third-order valence-corrected chi connectivity index (χ3v) is 30.0. The maximum absolute atomic E-state index is 12.6. The molecule has 12 fully saturated rings. The van der Waals surface area contributed by atoms with Gasteiger partial charge in [-0.05, 0) is 324 Å². The molecule has 4 N–H and O–H groups in total. The fourth-order valence-corrected chi connectivity index (χ4v) is 26.2. The molecule has 80 heavy (non-hydrogen) atoms. The first-order chi connectivity index (χ1) is 36.3. The van der Waals surface area contributed by atoms with Gasteiger partial charge in [0, 0.05) is 17.8 Å². The molecule has 0 amide bonds. The van der Waals surface area contributed by atoms with Crippen LogP contribution < -0.4 is 0 Å². The molecule has 24 atom stereocenters. The van der Waals surface area contributed by atoms with Crippen molar-refractivity contribution < 1.29 is 34.8 Å². The van der Waals surface area contributed by atoms with E-state index >= 15 is 0 Å². The van der Waals surface area contributed by atoms with E-state index in [4.69, 9.17) is 0 Å². The highest BCUT2D eigenvalue weighted by Gasteiger charge is 2.66. The Morgan fingerprint density at radius 2 is 0.700 bits per heavy atom. The van der Waals surface area contributed by atoms with E-state index in [2.05, 4.69) is 71.3 Å². The van der Waals surface area contributed by atoms with Gasteiger partial charge in [0.25, 0.3) is 0 Å². The Bertz CT molecular complexity index is 2070. The molecule has 0 radical (unpaired) electrons. The van der Waals surface area contributed by atoms with E-state index in [-0.39, 0.29) is 62.8 Å². The number of carbonyl (C=O) groups excluding carboxylic acids is 3. The maximum atomic E-state index is 12.6. The Morgan fingerprint density at radius 1 is 0.400 bits per heavy atom. The molecule has 12 aliphatic carbocycles. The van der Waals surface area contributed by atoms with Crippen LogP contribution in [-0.2, 0) is 14.4 Å². The molecule has 0 aromatic rings. The number of halogens is 1. The SMILES string of the molecule is C.C.C.CC[C@]12CC[C@@](C)(O)C[C@@H]1CC[C@H]1[C@@H]3CC[C@H](C(=O)CBr)[C@@]3(C)CC[C@@H]12.CC[C@]12CC[C@@](C)(O)C[C@@H]1CC[C@H]1[C@@H]3CC[C@H](C(=O)CO)[C@@]3(C)CC[C@@H]12.CC[C@]12CC[C@@](C)(O)C[C@@H]1CC[C@H]1[C@@H]3CC[C@H](C(C)=O)[C@@]3(C)CC[C@@H]12. The van der Waals surface area contributed by atoms with Gasteiger partial charge in [0.2, 0.25) is 0 Å². The molecule has 7 nitrogen and oxygen atoms in total. The van der Waals surface area contributed by atoms with Gasteiger partial charge in [-0.15, -0.1) is 0 Å². The van der Waals surface area contributed by atoms with Crippen molar-refractivity contribution in [1.29, 1.82) is 0 Å². The average Bonchev–Trinajstić information content (AvgIpc) is 4.25. The highest BCUT2D eigenvalue weighted by atomic mass is 79.9. The van der Waals surface area contributed by atoms with Crippen molar-refractivity contribution in [1.82, 2.24) is 0 Å². The molecule has 0 heterocycles. The number of fused-ring (bicyclic) bond motifs is 15. The molecular formula is C72H125BrO7. The fraction of sp³-hybridized carbons (Fsp3) is 0.958. The van der Waals surface area contributed by atoms with E-state index in [1.165, 1.54) is 128 Å². The van der Waals surface area contributed by atoms with Gasteiger partial charge >= 0.3 is 0 Å². The van der Waals surface area contributed by atoms with Gasteiger partial charge in [0.15, 0.2) is 5.78 Å². The second kappa shape index (κ2) is 24.1. The van der Waals surface area contributed by atoms with Crippen molar-refractivity contribution >= 4 is 33.3 Å². The lowest BCUT2D eigenvalue weighted by Crippen LogP contribution is -2.56. The molecule has 0 aliphatic heterocycles. The molecule has 0 aromatic heterocycles. The second-order valence-electron chi connectivity index (χ2n) is 32.2. The molecule has 462 valence electrons. The lowest BCUT2D eigenvalue weighted by atomic mass is 9.42. The first-order valence-corrected chi connectivity index (χ1v) is 34.3. The first kappa shape index (κ1) is 66.8. The van der Waals surface area contributed by atoms with Crippen LogP contribution in [0.25, 0.3) is 0 Å². The van der Waals surface area contributed by atoms with Gasteiger partial charge in [-0.1, -0.05) is 79.8 Å². The third kappa shape index (κ3) is 10.8. The van der Waals surface area contributed by atoms with E-state index < -0.39 is 16.8 Å². The number of hydrogen-bond donors (Lipinski definition) is 4. The van der Waals surface area contributed by atoms with Crippen molar-refractivity contribution in [2.75, 3.05) is 11.9 Å². The van der Waals surface area contributed by atoms with E-state index in [1.54, 1.807) is 0 Å². The molecule has 8 heteroatoms. The minimum absolute atomic E-state index is 0. The Kier molecular flexibility index (Phi) is 20.2. The van der Waals surface area contributed by atoms with Crippen LogP contribution in [0.5, 0.6) is 0 Å². The van der Waals surface area contributed by atoms with Gasteiger partial charge < -0.3 is 20.4 Å². The topological polar surface area (TPSA) is 132 Å². The van der Waals surface area contributed by atoms with Crippen LogP contribution in [0.2, 0.25) is 0 Å². The summed E-state index contributed by atoms with van der Waals surface area (Å²) in [5.41, 5.74) is 0.639. The summed E-state index contributed by atoms with van der Waals surface area (Å²) in [4.78, 5) is 37.2. The molecular weight excluding hydrogens is 1060 g/mol. The van der Waals surface area contributed by atoms with Crippen LogP contribution in [0.4, 0.5) is 0 Å². The lowest BCUT2D eigenvalue weighted by molar-refractivity contribution is -0.159. The number of Topliss-reactive ketones (excluding diaryl/α,β-unsaturated/α-hetero) is 3. The smallest absolute Gasteiger partial charge is 0.161 e. The standard InChI is InChI=1S/C23H37BrO2.C23H38O3.C23H38O2.3CH4/c2*1-4-23-12-11-21(2,26)13-15(23)5-6-16-17-7-8-19(20(25)14-24)22(17,3)10-9-18(16)23;1-5-23-13-12-21(3,25)14-16(23)6-7-17-19-9-8-18(15(2)24)22(19,4)11-10-20(17)23;;;/h15-19,26H,4-14H2,1-3H3;15-19,24,26H,4-14H2,1-3H3;16-20,25H,5-14H2,1-4H3;3*1H4/t2*15-,16-,17-,18-,19+,21+,22-,23-;16-,17-,18+,19-,20-,21+,22+,23-;;;/m000.../s1. The molecule has 0 bridgehead atoms. The quantitative estimate of drug-likeness (QED) is 0.178. The van der Waals surface area contributed by atoms with Gasteiger partial charge in [0.1, 0.15) is 18.2 Å². The summed E-state index contributed by atoms with van der Waals surface area (Å²) in [6, 6.07) is 0. The molecule has 0 unspecified atom stereocenters. The van der Waals surface area contributed by atoms with E-state index in [0.717, 1.165) is 117 Å². The second-order valence-corrected chi connectivity index (χ2v) is 32.7. The van der Waals surface area contributed by atoms with Crippen molar-refractivity contribution in [3.05, 3.63) is 0 Å². The van der Waals surface area contributed by atoms with Crippen molar-refractivity contribution in [2.24, 2.45) is 121 Å². The highest BCUT2D eigenvalue weighted by molar-refractivity contribution is 9.09. The predicted octanol–water partition coefficient (Wildman–Crippen LogP) is 17.4. The van der Waals surface area contributed by atoms with E-state index in [0.29, 0.717) is 56.8 Å². The van der Waals surface area contributed by atoms with E-state index in [1.807, 2.05) is 13.8 Å². The lowest BCUT2D eigenvalue weighted by Gasteiger charge is -2.63. The summed E-state index contributed by atoms with van der Waals surface area (Å²) < 4.78 is 0. The predicted molar refractivity (Wildman–Crippen MR) is 333 cm³/mol. The normalized spacial score (nSPS) is 52.0. The molecule has 12 saturated carbocycles. The molecule has 12 rings (SSSR count). The number of aliphatic hydroxyl groups is 4. The zero-order chi connectivity index (χ0) is 55.5. The fourth-order valence-electron chi connectivity index (χ4n) is 25.8. The molecule has 0 saturated heterocycles. The van der Waals surface area contributed by atoms with Gasteiger partial charge in [-0.25, -0.2) is 0 Å². The first-order valence-electron chi connectivity index (χ1n) is 33.2. The minimum atomic E-state index is -0.467. The molecule has 12 aliphatic rings. The van der Waals surface area contributed by atoms with Crippen molar-refractivity contribution in [3.63, 3.8) is 0 Å². The zero-order valence-electron chi connectivity index (χ0n) is 50.7. The highest BCUT2D eigenvalue weighted by Crippen LogP contribution is 2.72. The Labute approximate surface area is 499 Å². The Hall–Kier alpha value is -0.670. The Morgan fingerprint density at radius 3 is 0.988 bits per heavy atom. The molecule has 0 spiro atoms. The van der Waals surface area contributed by atoms with Crippen LogP contribution in [0, 0.1) is 121 Å². The van der Waals surface area contributed by atoms with E-state index in [9.17, 15) is 34.8 Å². The maximum Gasteiger partial charge on any atom is 0.161 e.